The maximum Gasteiger partial charge on any atom is 0.323 e. The number of nitrogens with zero attached hydrogens (tertiary/aromatic N) is 3. The van der Waals surface area contributed by atoms with Crippen molar-refractivity contribution in [3.8, 4) is 0 Å². The van der Waals surface area contributed by atoms with Gasteiger partial charge in [0.15, 0.2) is 0 Å². The Morgan fingerprint density at radius 2 is 2.21 bits per heavy atom. The number of anilines is 1. The molecule has 3 rings (SSSR count). The van der Waals surface area contributed by atoms with E-state index in [0.717, 1.165) is 28.9 Å². The first-order valence-corrected chi connectivity index (χ1v) is 7.30. The summed E-state index contributed by atoms with van der Waals surface area (Å²) in [6, 6.07) is 2.26. The molecule has 5 nitrogen and oxygen atoms in total. The maximum atomic E-state index is 11.1. The fourth-order valence-corrected chi connectivity index (χ4v) is 3.47. The lowest BCUT2D eigenvalue weighted by molar-refractivity contribution is -0.135. The van der Waals surface area contributed by atoms with Gasteiger partial charge in [0.2, 0.25) is 0 Å². The van der Waals surface area contributed by atoms with Crippen LogP contribution in [0.15, 0.2) is 17.8 Å². The van der Waals surface area contributed by atoms with Gasteiger partial charge < -0.3 is 10.0 Å². The van der Waals surface area contributed by atoms with Crippen molar-refractivity contribution >= 4 is 33.3 Å². The van der Waals surface area contributed by atoms with Crippen LogP contribution in [-0.2, 0) is 4.79 Å². The third-order valence-electron chi connectivity index (χ3n) is 3.58. The third kappa shape index (κ3) is 2.40. The molecule has 2 heterocycles. The van der Waals surface area contributed by atoms with Gasteiger partial charge in [-0.25, -0.2) is 9.97 Å². The van der Waals surface area contributed by atoms with Crippen molar-refractivity contribution in [2.45, 2.75) is 31.7 Å². The highest BCUT2D eigenvalue weighted by molar-refractivity contribution is 7.16. The predicted molar refractivity (Wildman–Crippen MR) is 74.7 cm³/mol. The summed E-state index contributed by atoms with van der Waals surface area (Å²) in [6.45, 7) is 0.00657. The molecule has 1 saturated carbocycles. The number of rotatable bonds is 4. The van der Waals surface area contributed by atoms with Crippen molar-refractivity contribution in [3.63, 3.8) is 0 Å². The predicted octanol–water partition coefficient (Wildman–Crippen LogP) is 2.52. The molecule has 6 heteroatoms. The Kier molecular flexibility index (Phi) is 3.33. The second-order valence-corrected chi connectivity index (χ2v) is 5.69. The molecule has 0 unspecified atom stereocenters. The average molecular weight is 277 g/mol. The number of carboxylic acid groups (broad SMARTS) is 1. The molecular formula is C13H15N3O2S. The number of fused-ring (bicyclic) bond motifs is 1. The van der Waals surface area contributed by atoms with Gasteiger partial charge in [-0.15, -0.1) is 11.3 Å². The van der Waals surface area contributed by atoms with Gasteiger partial charge in [0.1, 0.15) is 23.5 Å². The standard InChI is InChI=1S/C13H15N3O2S/c17-11(18)7-16(9-3-1-2-4-9)12-10-5-6-19-13(10)15-8-14-12/h5-6,8-9H,1-4,7H2,(H,17,18). The Balaban J connectivity index is 2.02. The Morgan fingerprint density at radius 3 is 2.95 bits per heavy atom. The summed E-state index contributed by atoms with van der Waals surface area (Å²) in [5.41, 5.74) is 0. The van der Waals surface area contributed by atoms with Crippen LogP contribution in [0.4, 0.5) is 5.82 Å². The van der Waals surface area contributed by atoms with E-state index in [1.807, 2.05) is 16.3 Å². The molecule has 1 aliphatic carbocycles. The summed E-state index contributed by atoms with van der Waals surface area (Å²) >= 11 is 1.56. The molecule has 0 spiro atoms. The van der Waals surface area contributed by atoms with Crippen LogP contribution < -0.4 is 4.90 Å². The quantitative estimate of drug-likeness (QED) is 0.930. The maximum absolute atomic E-state index is 11.1. The molecular weight excluding hydrogens is 262 g/mol. The van der Waals surface area contributed by atoms with Crippen molar-refractivity contribution in [2.24, 2.45) is 0 Å². The van der Waals surface area contributed by atoms with E-state index in [2.05, 4.69) is 9.97 Å². The molecule has 100 valence electrons. The highest BCUT2D eigenvalue weighted by atomic mass is 32.1. The van der Waals surface area contributed by atoms with E-state index in [1.165, 1.54) is 19.2 Å². The van der Waals surface area contributed by atoms with Crippen LogP contribution in [0.25, 0.3) is 10.2 Å². The van der Waals surface area contributed by atoms with Crippen LogP contribution in [-0.4, -0.2) is 33.6 Å². The van der Waals surface area contributed by atoms with E-state index in [-0.39, 0.29) is 12.6 Å². The lowest BCUT2D eigenvalue weighted by atomic mass is 10.2. The van der Waals surface area contributed by atoms with Crippen LogP contribution in [0.5, 0.6) is 0 Å². The van der Waals surface area contributed by atoms with Crippen molar-refractivity contribution in [1.29, 1.82) is 0 Å². The summed E-state index contributed by atoms with van der Waals surface area (Å²) in [5, 5.41) is 12.1. The summed E-state index contributed by atoms with van der Waals surface area (Å²) in [6.07, 6.45) is 5.95. The number of thiophene rings is 1. The monoisotopic (exact) mass is 277 g/mol. The van der Waals surface area contributed by atoms with Crippen LogP contribution >= 0.6 is 11.3 Å². The molecule has 0 radical (unpaired) electrons. The van der Waals surface area contributed by atoms with Crippen LogP contribution in [0.1, 0.15) is 25.7 Å². The second kappa shape index (κ2) is 5.13. The highest BCUT2D eigenvalue weighted by Gasteiger charge is 2.27. The Hall–Kier alpha value is -1.69. The van der Waals surface area contributed by atoms with E-state index in [4.69, 9.17) is 5.11 Å². The number of carbonyl (C=O) groups is 1. The zero-order valence-electron chi connectivity index (χ0n) is 10.5. The molecule has 0 saturated heterocycles. The number of hydrogen-bond acceptors (Lipinski definition) is 5. The Labute approximate surface area is 114 Å². The van der Waals surface area contributed by atoms with Gasteiger partial charge in [0, 0.05) is 6.04 Å². The minimum Gasteiger partial charge on any atom is -0.480 e. The van der Waals surface area contributed by atoms with E-state index in [9.17, 15) is 4.79 Å². The number of aliphatic carboxylic acids is 1. The van der Waals surface area contributed by atoms with Crippen molar-refractivity contribution in [3.05, 3.63) is 17.8 Å². The van der Waals surface area contributed by atoms with Gasteiger partial charge in [0.25, 0.3) is 0 Å². The number of carboxylic acids is 1. The van der Waals surface area contributed by atoms with E-state index in [0.29, 0.717) is 0 Å². The molecule has 0 aliphatic heterocycles. The Bertz CT molecular complexity index is 592. The molecule has 1 aliphatic rings. The molecule has 19 heavy (non-hydrogen) atoms. The van der Waals surface area contributed by atoms with Crippen molar-refractivity contribution in [1.82, 2.24) is 9.97 Å². The second-order valence-electron chi connectivity index (χ2n) is 4.80. The van der Waals surface area contributed by atoms with Crippen molar-refractivity contribution < 1.29 is 9.90 Å². The minimum atomic E-state index is -0.811. The van der Waals surface area contributed by atoms with Gasteiger partial charge >= 0.3 is 5.97 Å². The average Bonchev–Trinajstić information content (AvgIpc) is 3.05. The fourth-order valence-electron chi connectivity index (χ4n) is 2.74. The molecule has 0 atom stereocenters. The van der Waals surface area contributed by atoms with Gasteiger partial charge in [-0.3, -0.25) is 4.79 Å². The van der Waals surface area contributed by atoms with E-state index < -0.39 is 5.97 Å². The van der Waals surface area contributed by atoms with E-state index in [1.54, 1.807) is 11.3 Å². The smallest absolute Gasteiger partial charge is 0.323 e. The largest absolute Gasteiger partial charge is 0.480 e. The van der Waals surface area contributed by atoms with Crippen LogP contribution in [0.3, 0.4) is 0 Å². The topological polar surface area (TPSA) is 66.3 Å². The summed E-state index contributed by atoms with van der Waals surface area (Å²) < 4.78 is 0. The first-order valence-electron chi connectivity index (χ1n) is 6.42. The number of hydrogen-bond donors (Lipinski definition) is 1. The lowest BCUT2D eigenvalue weighted by Gasteiger charge is -2.28. The summed E-state index contributed by atoms with van der Waals surface area (Å²) in [4.78, 5) is 22.5. The highest BCUT2D eigenvalue weighted by Crippen LogP contribution is 2.32. The van der Waals surface area contributed by atoms with Crippen LogP contribution in [0, 0.1) is 0 Å². The Morgan fingerprint density at radius 1 is 1.42 bits per heavy atom. The number of aromatic nitrogens is 2. The van der Waals surface area contributed by atoms with Gasteiger partial charge in [-0.2, -0.15) is 0 Å². The van der Waals surface area contributed by atoms with E-state index >= 15 is 0 Å². The molecule has 0 amide bonds. The molecule has 0 aromatic carbocycles. The first kappa shape index (κ1) is 12.3. The molecule has 0 bridgehead atoms. The SMILES string of the molecule is O=C(O)CN(c1ncnc2sccc12)C1CCCC1. The lowest BCUT2D eigenvalue weighted by Crippen LogP contribution is -2.38. The minimum absolute atomic E-state index is 0.00657. The zero-order valence-corrected chi connectivity index (χ0v) is 11.3. The summed E-state index contributed by atoms with van der Waals surface area (Å²) in [5.74, 6) is -0.0468. The van der Waals surface area contributed by atoms with Gasteiger partial charge in [0.05, 0.1) is 5.39 Å². The van der Waals surface area contributed by atoms with Crippen molar-refractivity contribution in [2.75, 3.05) is 11.4 Å². The fraction of sp³-hybridized carbons (Fsp3) is 0.462. The van der Waals surface area contributed by atoms with Gasteiger partial charge in [-0.1, -0.05) is 12.8 Å². The third-order valence-corrected chi connectivity index (χ3v) is 4.40. The molecule has 2 aromatic rings. The van der Waals surface area contributed by atoms with Crippen LogP contribution in [0.2, 0.25) is 0 Å². The zero-order chi connectivity index (χ0) is 13.2. The molecule has 1 fully saturated rings. The normalized spacial score (nSPS) is 16.0. The first-order chi connectivity index (χ1) is 9.25. The summed E-state index contributed by atoms with van der Waals surface area (Å²) in [7, 11) is 0. The molecule has 1 N–H and O–H groups in total. The molecule has 2 aromatic heterocycles. The van der Waals surface area contributed by atoms with Gasteiger partial charge in [-0.05, 0) is 24.3 Å².